The average molecular weight is 428 g/mol. The molecule has 3 aromatic rings. The van der Waals surface area contributed by atoms with Gasteiger partial charge in [0.2, 0.25) is 0 Å². The van der Waals surface area contributed by atoms with E-state index in [1.165, 1.54) is 30.3 Å². The molecule has 0 spiro atoms. The molecular formula is C22H12F8. The number of halogens is 8. The molecule has 4 aliphatic carbocycles. The van der Waals surface area contributed by atoms with Crippen LogP contribution in [0.3, 0.4) is 0 Å². The van der Waals surface area contributed by atoms with Crippen molar-refractivity contribution in [3.63, 3.8) is 0 Å². The van der Waals surface area contributed by atoms with Gasteiger partial charge in [-0.2, -0.15) is 35.1 Å². The minimum atomic E-state index is -4.81. The van der Waals surface area contributed by atoms with Crippen molar-refractivity contribution in [2.24, 2.45) is 0 Å². The van der Waals surface area contributed by atoms with Crippen molar-refractivity contribution >= 4 is 0 Å². The molecule has 0 atom stereocenters. The molecule has 8 heteroatoms. The van der Waals surface area contributed by atoms with Crippen LogP contribution in [0.4, 0.5) is 35.1 Å². The molecule has 30 heavy (non-hydrogen) atoms. The molecule has 0 saturated heterocycles. The highest BCUT2D eigenvalue weighted by Gasteiger charge is 2.62. The highest BCUT2D eigenvalue weighted by Crippen LogP contribution is 2.55. The molecule has 4 bridgehead atoms. The fourth-order valence-electron chi connectivity index (χ4n) is 3.47. The van der Waals surface area contributed by atoms with E-state index in [2.05, 4.69) is 0 Å². The SMILES string of the molecule is FC1(F)c2ccc(cc2)C(F)(F)C(F)(F)c2ccc(cc2-c2ccccc2)C1(F)F. The quantitative estimate of drug-likeness (QED) is 0.354. The second kappa shape index (κ2) is 6.30. The van der Waals surface area contributed by atoms with Gasteiger partial charge in [-0.3, -0.25) is 0 Å². The monoisotopic (exact) mass is 428 g/mol. The summed E-state index contributed by atoms with van der Waals surface area (Å²) in [5.74, 6) is -19.1. The summed E-state index contributed by atoms with van der Waals surface area (Å²) in [4.78, 5) is 0. The first-order chi connectivity index (χ1) is 13.9. The Bertz CT molecular complexity index is 1090. The summed E-state index contributed by atoms with van der Waals surface area (Å²) < 4.78 is 119. The normalized spacial score (nSPS) is 20.4. The van der Waals surface area contributed by atoms with E-state index >= 15 is 8.78 Å². The first kappa shape index (κ1) is 20.4. The van der Waals surface area contributed by atoms with E-state index < -0.39 is 51.5 Å². The Labute approximate surface area is 165 Å². The lowest BCUT2D eigenvalue weighted by molar-refractivity contribution is -0.227. The van der Waals surface area contributed by atoms with Crippen LogP contribution in [0.1, 0.15) is 22.3 Å². The molecule has 0 radical (unpaired) electrons. The minimum Gasteiger partial charge on any atom is -0.194 e. The Morgan fingerprint density at radius 1 is 0.433 bits per heavy atom. The summed E-state index contributed by atoms with van der Waals surface area (Å²) in [5, 5.41) is 0. The van der Waals surface area contributed by atoms with Crippen molar-refractivity contribution in [3.05, 3.63) is 95.1 Å². The van der Waals surface area contributed by atoms with Crippen LogP contribution in [0.5, 0.6) is 0 Å². The molecule has 7 rings (SSSR count). The Kier molecular flexibility index (Phi) is 4.28. The van der Waals surface area contributed by atoms with Crippen molar-refractivity contribution in [3.8, 4) is 11.1 Å². The third-order valence-corrected chi connectivity index (χ3v) is 5.20. The number of hydrogen-bond donors (Lipinski definition) is 0. The molecule has 0 nitrogen and oxygen atoms in total. The van der Waals surface area contributed by atoms with E-state index in [4.69, 9.17) is 0 Å². The topological polar surface area (TPSA) is 0 Å². The van der Waals surface area contributed by atoms with E-state index in [0.717, 1.165) is 0 Å². The number of alkyl halides is 8. The van der Waals surface area contributed by atoms with E-state index in [1.54, 1.807) is 0 Å². The smallest absolute Gasteiger partial charge is 0.194 e. The van der Waals surface area contributed by atoms with Gasteiger partial charge in [-0.1, -0.05) is 66.7 Å². The summed E-state index contributed by atoms with van der Waals surface area (Å²) in [6.45, 7) is 0. The molecule has 0 aliphatic heterocycles. The Balaban J connectivity index is 2.12. The predicted molar refractivity (Wildman–Crippen MR) is 93.9 cm³/mol. The zero-order valence-corrected chi connectivity index (χ0v) is 15.0. The molecule has 0 amide bonds. The highest BCUT2D eigenvalue weighted by atomic mass is 19.3. The van der Waals surface area contributed by atoms with Gasteiger partial charge in [0.05, 0.1) is 0 Å². The lowest BCUT2D eigenvalue weighted by Crippen LogP contribution is -2.39. The molecule has 156 valence electrons. The van der Waals surface area contributed by atoms with E-state index in [9.17, 15) is 26.3 Å². The van der Waals surface area contributed by atoms with Gasteiger partial charge in [0, 0.05) is 22.3 Å². The average Bonchev–Trinajstić information content (AvgIpc) is 2.73. The summed E-state index contributed by atoms with van der Waals surface area (Å²) in [6, 6.07) is 9.17. The second-order valence-corrected chi connectivity index (χ2v) is 7.00. The zero-order valence-electron chi connectivity index (χ0n) is 15.0. The van der Waals surface area contributed by atoms with Crippen LogP contribution < -0.4 is 0 Å². The fraction of sp³-hybridized carbons (Fsp3) is 0.182. The molecule has 0 saturated carbocycles. The number of hydrogen-bond acceptors (Lipinski definition) is 0. The van der Waals surface area contributed by atoms with Gasteiger partial charge in [-0.05, 0) is 17.2 Å². The maximum atomic E-state index is 15.1. The molecule has 0 fully saturated rings. The summed E-state index contributed by atoms with van der Waals surface area (Å²) in [5.41, 5.74) is -5.80. The first-order valence-corrected chi connectivity index (χ1v) is 8.73. The zero-order chi connectivity index (χ0) is 21.9. The van der Waals surface area contributed by atoms with Gasteiger partial charge in [0.25, 0.3) is 0 Å². The molecular weight excluding hydrogens is 416 g/mol. The molecule has 0 heterocycles. The standard InChI is InChI=1S/C22H12F8/c23-19(24)14-6-8-15(9-7-14)20(25,26)22(29,30)18-11-10-16(21(19,27)28)12-17(18)13-4-2-1-3-5-13/h1-12H. The summed E-state index contributed by atoms with van der Waals surface area (Å²) in [6.07, 6.45) is 0. The molecule has 0 N–H and O–H groups in total. The Hall–Kier alpha value is -2.90. The Morgan fingerprint density at radius 2 is 0.867 bits per heavy atom. The highest BCUT2D eigenvalue weighted by molar-refractivity contribution is 5.70. The lowest BCUT2D eigenvalue weighted by Gasteiger charge is -2.33. The first-order valence-electron chi connectivity index (χ1n) is 8.73. The van der Waals surface area contributed by atoms with E-state index in [-0.39, 0.29) is 5.56 Å². The molecule has 0 aromatic heterocycles. The van der Waals surface area contributed by atoms with E-state index in [1.807, 2.05) is 0 Å². The summed E-state index contributed by atoms with van der Waals surface area (Å²) >= 11 is 0. The van der Waals surface area contributed by atoms with Gasteiger partial charge in [0.1, 0.15) is 0 Å². The largest absolute Gasteiger partial charge is 0.340 e. The van der Waals surface area contributed by atoms with Crippen LogP contribution in [0.15, 0.2) is 72.8 Å². The lowest BCUT2D eigenvalue weighted by atomic mass is 9.84. The Morgan fingerprint density at radius 3 is 1.40 bits per heavy atom. The van der Waals surface area contributed by atoms with Gasteiger partial charge >= 0.3 is 23.7 Å². The van der Waals surface area contributed by atoms with Crippen molar-refractivity contribution in [2.45, 2.75) is 23.7 Å². The van der Waals surface area contributed by atoms with Gasteiger partial charge in [0.15, 0.2) is 0 Å². The van der Waals surface area contributed by atoms with Gasteiger partial charge in [-0.15, -0.1) is 0 Å². The molecule has 3 aromatic carbocycles. The van der Waals surface area contributed by atoms with Crippen LogP contribution in [0.25, 0.3) is 11.1 Å². The van der Waals surface area contributed by atoms with Crippen LogP contribution in [-0.2, 0) is 23.7 Å². The van der Waals surface area contributed by atoms with Gasteiger partial charge < -0.3 is 0 Å². The van der Waals surface area contributed by atoms with Crippen molar-refractivity contribution < 1.29 is 35.1 Å². The fourth-order valence-corrected chi connectivity index (χ4v) is 3.47. The molecule has 4 aliphatic rings. The van der Waals surface area contributed by atoms with Gasteiger partial charge in [-0.25, -0.2) is 0 Å². The van der Waals surface area contributed by atoms with Crippen molar-refractivity contribution in [2.75, 3.05) is 0 Å². The maximum Gasteiger partial charge on any atom is 0.340 e. The van der Waals surface area contributed by atoms with Crippen LogP contribution in [0.2, 0.25) is 0 Å². The second-order valence-electron chi connectivity index (χ2n) is 7.00. The van der Waals surface area contributed by atoms with Crippen LogP contribution in [-0.4, -0.2) is 0 Å². The molecule has 0 unspecified atom stereocenters. The third kappa shape index (κ3) is 2.66. The summed E-state index contributed by atoms with van der Waals surface area (Å²) in [7, 11) is 0. The maximum absolute atomic E-state index is 15.1. The number of benzene rings is 3. The number of rotatable bonds is 1. The van der Waals surface area contributed by atoms with E-state index in [0.29, 0.717) is 42.5 Å². The minimum absolute atomic E-state index is 0.0881. The van der Waals surface area contributed by atoms with Crippen molar-refractivity contribution in [1.82, 2.24) is 0 Å². The van der Waals surface area contributed by atoms with Crippen molar-refractivity contribution in [1.29, 1.82) is 0 Å². The van der Waals surface area contributed by atoms with Crippen LogP contribution in [0, 0.1) is 0 Å². The third-order valence-electron chi connectivity index (χ3n) is 5.20. The predicted octanol–water partition coefficient (Wildman–Crippen LogP) is 7.43. The van der Waals surface area contributed by atoms with Crippen LogP contribution >= 0.6 is 0 Å².